The minimum Gasteiger partial charge on any atom is -0.463 e. The van der Waals surface area contributed by atoms with Gasteiger partial charge in [0.05, 0.1) is 12.3 Å². The summed E-state index contributed by atoms with van der Waals surface area (Å²) in [5.41, 5.74) is 0.799. The van der Waals surface area contributed by atoms with Crippen LogP contribution in [0.15, 0.2) is 16.8 Å². The SMILES string of the molecule is CCOC(=O)C(C)=CC(C)=NO. The fourth-order valence-electron chi connectivity index (χ4n) is 0.646. The molecule has 0 radical (unpaired) electrons. The molecule has 0 amide bonds. The van der Waals surface area contributed by atoms with Crippen molar-refractivity contribution < 1.29 is 14.7 Å². The standard InChI is InChI=1S/C8H13NO3/c1-4-12-8(10)6(2)5-7(3)9-11/h5,11H,4H2,1-3H3. The van der Waals surface area contributed by atoms with Gasteiger partial charge in [0.2, 0.25) is 0 Å². The van der Waals surface area contributed by atoms with Crippen molar-refractivity contribution in [1.29, 1.82) is 0 Å². The number of rotatable bonds is 3. The summed E-state index contributed by atoms with van der Waals surface area (Å²) in [5, 5.41) is 11.2. The third-order valence-corrected chi connectivity index (χ3v) is 1.18. The van der Waals surface area contributed by atoms with Gasteiger partial charge in [-0.3, -0.25) is 0 Å². The molecule has 0 fully saturated rings. The summed E-state index contributed by atoms with van der Waals surface area (Å²) in [4.78, 5) is 11.0. The molecule has 0 rings (SSSR count). The van der Waals surface area contributed by atoms with E-state index in [-0.39, 0.29) is 5.97 Å². The molecule has 1 N–H and O–H groups in total. The van der Waals surface area contributed by atoms with Crippen molar-refractivity contribution in [2.24, 2.45) is 5.16 Å². The summed E-state index contributed by atoms with van der Waals surface area (Å²) >= 11 is 0. The second-order valence-electron chi connectivity index (χ2n) is 2.29. The number of esters is 1. The van der Waals surface area contributed by atoms with Crippen LogP contribution in [0.2, 0.25) is 0 Å². The van der Waals surface area contributed by atoms with Crippen LogP contribution in [0.5, 0.6) is 0 Å². The van der Waals surface area contributed by atoms with E-state index in [9.17, 15) is 4.79 Å². The van der Waals surface area contributed by atoms with Crippen LogP contribution in [0.3, 0.4) is 0 Å². The molecule has 4 heteroatoms. The lowest BCUT2D eigenvalue weighted by Gasteiger charge is -1.99. The van der Waals surface area contributed by atoms with Crippen molar-refractivity contribution in [2.45, 2.75) is 20.8 Å². The van der Waals surface area contributed by atoms with Crippen molar-refractivity contribution in [3.8, 4) is 0 Å². The molecular formula is C8H13NO3. The molecule has 0 saturated heterocycles. The summed E-state index contributed by atoms with van der Waals surface area (Å²) in [6.07, 6.45) is 1.46. The summed E-state index contributed by atoms with van der Waals surface area (Å²) < 4.78 is 4.71. The first-order valence-corrected chi connectivity index (χ1v) is 3.65. The highest BCUT2D eigenvalue weighted by atomic mass is 16.5. The third kappa shape index (κ3) is 3.75. The van der Waals surface area contributed by atoms with Gasteiger partial charge in [0, 0.05) is 5.57 Å². The fraction of sp³-hybridized carbons (Fsp3) is 0.500. The zero-order chi connectivity index (χ0) is 9.56. The van der Waals surface area contributed by atoms with E-state index in [1.54, 1.807) is 20.8 Å². The average molecular weight is 171 g/mol. The maximum absolute atomic E-state index is 11.0. The van der Waals surface area contributed by atoms with E-state index < -0.39 is 0 Å². The smallest absolute Gasteiger partial charge is 0.333 e. The lowest BCUT2D eigenvalue weighted by Crippen LogP contribution is -2.06. The van der Waals surface area contributed by atoms with E-state index >= 15 is 0 Å². The van der Waals surface area contributed by atoms with Crippen LogP contribution < -0.4 is 0 Å². The van der Waals surface area contributed by atoms with Gasteiger partial charge in [-0.25, -0.2) is 4.79 Å². The number of carbonyl (C=O) groups excluding carboxylic acids is 1. The second kappa shape index (κ2) is 5.35. The molecule has 4 nitrogen and oxygen atoms in total. The second-order valence-corrected chi connectivity index (χ2v) is 2.29. The maximum Gasteiger partial charge on any atom is 0.333 e. The van der Waals surface area contributed by atoms with Crippen molar-refractivity contribution in [2.75, 3.05) is 6.61 Å². The predicted octanol–water partition coefficient (Wildman–Crippen LogP) is 1.35. The van der Waals surface area contributed by atoms with Gasteiger partial charge in [-0.15, -0.1) is 0 Å². The van der Waals surface area contributed by atoms with Gasteiger partial charge >= 0.3 is 5.97 Å². The highest BCUT2D eigenvalue weighted by Crippen LogP contribution is 1.97. The van der Waals surface area contributed by atoms with E-state index in [2.05, 4.69) is 5.16 Å². The Balaban J connectivity index is 4.27. The fourth-order valence-corrected chi connectivity index (χ4v) is 0.646. The summed E-state index contributed by atoms with van der Waals surface area (Å²) in [5.74, 6) is -0.388. The number of nitrogens with zero attached hydrogens (tertiary/aromatic N) is 1. The first kappa shape index (κ1) is 10.7. The largest absolute Gasteiger partial charge is 0.463 e. The van der Waals surface area contributed by atoms with E-state index in [1.165, 1.54) is 6.08 Å². The minimum atomic E-state index is -0.388. The van der Waals surface area contributed by atoms with Crippen molar-refractivity contribution >= 4 is 11.7 Å². The summed E-state index contributed by atoms with van der Waals surface area (Å²) in [6.45, 7) is 5.27. The number of carbonyl (C=O) groups is 1. The van der Waals surface area contributed by atoms with E-state index in [0.717, 1.165) is 0 Å². The molecule has 0 aliphatic rings. The quantitative estimate of drug-likeness (QED) is 0.229. The number of ether oxygens (including phenoxy) is 1. The zero-order valence-corrected chi connectivity index (χ0v) is 7.50. The van der Waals surface area contributed by atoms with E-state index in [4.69, 9.17) is 9.94 Å². The highest BCUT2D eigenvalue weighted by molar-refractivity contribution is 6.00. The molecule has 0 saturated carbocycles. The Labute approximate surface area is 71.5 Å². The van der Waals surface area contributed by atoms with Crippen LogP contribution in [-0.2, 0) is 9.53 Å². The molecule has 0 unspecified atom stereocenters. The summed E-state index contributed by atoms with van der Waals surface area (Å²) in [6, 6.07) is 0. The molecule has 0 spiro atoms. The first-order chi connectivity index (χ1) is 5.61. The molecule has 0 heterocycles. The predicted molar refractivity (Wildman–Crippen MR) is 45.3 cm³/mol. The van der Waals surface area contributed by atoms with Crippen LogP contribution in [0.4, 0.5) is 0 Å². The number of allylic oxidation sites excluding steroid dienone is 1. The summed E-state index contributed by atoms with van der Waals surface area (Å²) in [7, 11) is 0. The first-order valence-electron chi connectivity index (χ1n) is 3.65. The lowest BCUT2D eigenvalue weighted by atomic mass is 10.2. The van der Waals surface area contributed by atoms with E-state index in [1.807, 2.05) is 0 Å². The van der Waals surface area contributed by atoms with Gasteiger partial charge < -0.3 is 9.94 Å². The molecule has 68 valence electrons. The monoisotopic (exact) mass is 171 g/mol. The Kier molecular flexibility index (Phi) is 4.76. The Morgan fingerprint density at radius 3 is 2.58 bits per heavy atom. The molecule has 0 aliphatic heterocycles. The maximum atomic E-state index is 11.0. The molecule has 12 heavy (non-hydrogen) atoms. The Morgan fingerprint density at radius 1 is 1.58 bits per heavy atom. The average Bonchev–Trinajstić information content (AvgIpc) is 2.04. The third-order valence-electron chi connectivity index (χ3n) is 1.18. The molecule has 0 aromatic heterocycles. The Morgan fingerprint density at radius 2 is 2.17 bits per heavy atom. The van der Waals surface area contributed by atoms with Crippen molar-refractivity contribution in [3.63, 3.8) is 0 Å². The van der Waals surface area contributed by atoms with Crippen LogP contribution in [0.1, 0.15) is 20.8 Å². The van der Waals surface area contributed by atoms with Gasteiger partial charge in [0.25, 0.3) is 0 Å². The molecule has 0 atom stereocenters. The minimum absolute atomic E-state index is 0.347. The normalized spacial score (nSPS) is 12.9. The van der Waals surface area contributed by atoms with E-state index in [0.29, 0.717) is 17.9 Å². The Bertz CT molecular complexity index is 218. The van der Waals surface area contributed by atoms with Gasteiger partial charge in [-0.1, -0.05) is 5.16 Å². The van der Waals surface area contributed by atoms with Crippen molar-refractivity contribution in [3.05, 3.63) is 11.6 Å². The van der Waals surface area contributed by atoms with Crippen LogP contribution in [-0.4, -0.2) is 23.5 Å². The lowest BCUT2D eigenvalue weighted by molar-refractivity contribution is -0.138. The van der Waals surface area contributed by atoms with Crippen LogP contribution in [0.25, 0.3) is 0 Å². The highest BCUT2D eigenvalue weighted by Gasteiger charge is 2.03. The molecule has 0 aromatic carbocycles. The zero-order valence-electron chi connectivity index (χ0n) is 7.50. The van der Waals surface area contributed by atoms with Gasteiger partial charge in [-0.05, 0) is 26.8 Å². The topological polar surface area (TPSA) is 58.9 Å². The number of oxime groups is 1. The van der Waals surface area contributed by atoms with Crippen LogP contribution in [0, 0.1) is 0 Å². The van der Waals surface area contributed by atoms with Crippen molar-refractivity contribution in [1.82, 2.24) is 0 Å². The van der Waals surface area contributed by atoms with Gasteiger partial charge in [0.1, 0.15) is 0 Å². The number of hydrogen-bond acceptors (Lipinski definition) is 4. The Hall–Kier alpha value is -1.32. The van der Waals surface area contributed by atoms with Gasteiger partial charge in [0.15, 0.2) is 0 Å². The number of hydrogen-bond donors (Lipinski definition) is 1. The molecule has 0 aliphatic carbocycles. The van der Waals surface area contributed by atoms with Crippen LogP contribution >= 0.6 is 0 Å². The molecule has 0 bridgehead atoms. The molecule has 0 aromatic rings. The molecular weight excluding hydrogens is 158 g/mol. The van der Waals surface area contributed by atoms with Gasteiger partial charge in [-0.2, -0.15) is 0 Å².